The number of carboxylic acids is 1. The van der Waals surface area contributed by atoms with E-state index >= 15 is 0 Å². The Labute approximate surface area is 338 Å². The van der Waals surface area contributed by atoms with E-state index < -0.39 is 18.1 Å². The number of ether oxygens (including phenoxy) is 3. The molecule has 0 aromatic carbocycles. The first-order valence-corrected chi connectivity index (χ1v) is 22.5. The van der Waals surface area contributed by atoms with E-state index in [0.29, 0.717) is 12.8 Å². The molecule has 0 amide bonds. The molecule has 8 heteroatoms. The number of nitrogens with zero attached hydrogens (tertiary/aromatic N) is 1. The van der Waals surface area contributed by atoms with Gasteiger partial charge in [0.25, 0.3) is 0 Å². The van der Waals surface area contributed by atoms with Gasteiger partial charge < -0.3 is 28.6 Å². The van der Waals surface area contributed by atoms with Crippen LogP contribution in [0.5, 0.6) is 0 Å². The van der Waals surface area contributed by atoms with Crippen LogP contribution < -0.4 is 5.11 Å². The van der Waals surface area contributed by atoms with Crippen LogP contribution in [0, 0.1) is 0 Å². The minimum absolute atomic E-state index is 0.0346. The number of hydrogen-bond donors (Lipinski definition) is 0. The number of allylic oxidation sites excluding steroid dienone is 6. The molecule has 0 rings (SSSR count). The lowest BCUT2D eigenvalue weighted by molar-refractivity contribution is -0.889. The Morgan fingerprint density at radius 2 is 0.982 bits per heavy atom. The van der Waals surface area contributed by atoms with Gasteiger partial charge in [-0.2, -0.15) is 0 Å². The molecule has 0 fully saturated rings. The first-order chi connectivity index (χ1) is 26.6. The zero-order valence-corrected chi connectivity index (χ0v) is 36.3. The largest absolute Gasteiger partial charge is 0.544 e. The molecule has 2 unspecified atom stereocenters. The molecule has 0 aromatic heterocycles. The van der Waals surface area contributed by atoms with Crippen molar-refractivity contribution in [3.63, 3.8) is 0 Å². The zero-order valence-electron chi connectivity index (χ0n) is 36.3. The Kier molecular flexibility index (Phi) is 36.7. The van der Waals surface area contributed by atoms with Crippen LogP contribution in [0.25, 0.3) is 0 Å². The van der Waals surface area contributed by atoms with Gasteiger partial charge in [-0.25, -0.2) is 0 Å². The van der Waals surface area contributed by atoms with Gasteiger partial charge in [0.05, 0.1) is 40.3 Å². The van der Waals surface area contributed by atoms with E-state index in [2.05, 4.69) is 50.3 Å². The third-order valence-corrected chi connectivity index (χ3v) is 10.00. The summed E-state index contributed by atoms with van der Waals surface area (Å²) in [6.45, 7) is 4.60. The van der Waals surface area contributed by atoms with E-state index in [1.54, 1.807) is 21.1 Å². The number of carbonyl (C=O) groups excluding carboxylic acids is 3. The quantitative estimate of drug-likeness (QED) is 0.0264. The second-order valence-electron chi connectivity index (χ2n) is 16.3. The highest BCUT2D eigenvalue weighted by atomic mass is 16.6. The first-order valence-electron chi connectivity index (χ1n) is 22.5. The molecule has 2 atom stereocenters. The predicted octanol–water partition coefficient (Wildman–Crippen LogP) is 10.9. The highest BCUT2D eigenvalue weighted by Crippen LogP contribution is 2.14. The molecule has 0 aliphatic carbocycles. The maximum Gasteiger partial charge on any atom is 0.306 e. The van der Waals surface area contributed by atoms with Crippen LogP contribution in [0.3, 0.4) is 0 Å². The van der Waals surface area contributed by atoms with E-state index in [-0.39, 0.29) is 42.7 Å². The molecular formula is C47H85NO7. The zero-order chi connectivity index (χ0) is 40.7. The first kappa shape index (κ1) is 52.6. The van der Waals surface area contributed by atoms with Gasteiger partial charge in [0, 0.05) is 19.3 Å². The van der Waals surface area contributed by atoms with Crippen molar-refractivity contribution in [1.82, 2.24) is 0 Å². The van der Waals surface area contributed by atoms with E-state index in [1.807, 2.05) is 0 Å². The molecule has 8 nitrogen and oxygen atoms in total. The normalized spacial score (nSPS) is 13.3. The van der Waals surface area contributed by atoms with Crippen LogP contribution in [-0.2, 0) is 28.6 Å². The van der Waals surface area contributed by atoms with E-state index in [0.717, 1.165) is 64.2 Å². The van der Waals surface area contributed by atoms with Crippen LogP contribution in [0.1, 0.15) is 194 Å². The maximum atomic E-state index is 12.7. The molecule has 0 saturated heterocycles. The Morgan fingerprint density at radius 3 is 1.47 bits per heavy atom. The van der Waals surface area contributed by atoms with Crippen molar-refractivity contribution < 1.29 is 38.2 Å². The average molecular weight is 776 g/mol. The van der Waals surface area contributed by atoms with Crippen molar-refractivity contribution in [3.8, 4) is 0 Å². The minimum Gasteiger partial charge on any atom is -0.544 e. The van der Waals surface area contributed by atoms with Crippen molar-refractivity contribution in [3.05, 3.63) is 36.5 Å². The smallest absolute Gasteiger partial charge is 0.306 e. The van der Waals surface area contributed by atoms with Crippen molar-refractivity contribution in [2.75, 3.05) is 41.0 Å². The fourth-order valence-corrected chi connectivity index (χ4v) is 6.43. The second-order valence-corrected chi connectivity index (χ2v) is 16.3. The molecule has 0 bridgehead atoms. The summed E-state index contributed by atoms with van der Waals surface area (Å²) in [5, 5.41) is 11.6. The summed E-state index contributed by atoms with van der Waals surface area (Å²) in [6.07, 6.45) is 43.0. The Morgan fingerprint density at radius 1 is 0.545 bits per heavy atom. The highest BCUT2D eigenvalue weighted by Gasteiger charge is 2.25. The monoisotopic (exact) mass is 776 g/mol. The number of likely N-dealkylation sites (N-methyl/N-ethyl adjacent to an activating group) is 1. The molecule has 0 aromatic rings. The molecule has 0 aliphatic rings. The number of aliphatic carboxylic acids is 1. The minimum atomic E-state index is -1.13. The molecule has 55 heavy (non-hydrogen) atoms. The second kappa shape index (κ2) is 38.4. The molecule has 0 saturated carbocycles. The van der Waals surface area contributed by atoms with Crippen LogP contribution in [0.4, 0.5) is 0 Å². The number of hydrogen-bond acceptors (Lipinski definition) is 7. The summed E-state index contributed by atoms with van der Waals surface area (Å²) in [4.78, 5) is 36.8. The summed E-state index contributed by atoms with van der Waals surface area (Å²) in [6, 6.07) is -0.728. The lowest BCUT2D eigenvalue weighted by atomic mass is 10.1. The standard InChI is InChI=1S/C47H85NO7/c1-6-8-10-12-14-16-18-20-22-23-24-26-27-29-31-33-35-37-45(49)54-42-43(41-53-40-39-44(47(51)52)48(3,4)5)55-46(50)38-36-34-32-30-28-25-21-19-17-15-13-11-9-7-2/h13,15,19-22,43-44H,6-12,14,16-18,23-42H2,1-5H3/b15-13-,21-19-,22-20-. The van der Waals surface area contributed by atoms with Crippen LogP contribution in [0.2, 0.25) is 0 Å². The van der Waals surface area contributed by atoms with E-state index in [4.69, 9.17) is 14.2 Å². The van der Waals surface area contributed by atoms with Crippen LogP contribution in [0.15, 0.2) is 36.5 Å². The van der Waals surface area contributed by atoms with E-state index in [9.17, 15) is 19.5 Å². The van der Waals surface area contributed by atoms with Crippen molar-refractivity contribution in [1.29, 1.82) is 0 Å². The van der Waals surface area contributed by atoms with Crippen molar-refractivity contribution in [2.45, 2.75) is 206 Å². The van der Waals surface area contributed by atoms with Gasteiger partial charge in [0.2, 0.25) is 0 Å². The van der Waals surface area contributed by atoms with Crippen molar-refractivity contribution in [2.24, 2.45) is 0 Å². The van der Waals surface area contributed by atoms with Crippen LogP contribution in [-0.4, -0.2) is 75.5 Å². The number of esters is 2. The van der Waals surface area contributed by atoms with Gasteiger partial charge in [-0.1, -0.05) is 147 Å². The third kappa shape index (κ3) is 36.9. The maximum absolute atomic E-state index is 12.7. The fraction of sp³-hybridized carbons (Fsp3) is 0.809. The number of rotatable bonds is 40. The summed E-state index contributed by atoms with van der Waals surface area (Å²) >= 11 is 0. The summed E-state index contributed by atoms with van der Waals surface area (Å²) in [5.41, 5.74) is 0. The molecular weight excluding hydrogens is 691 g/mol. The van der Waals surface area contributed by atoms with E-state index in [1.165, 1.54) is 96.3 Å². The summed E-state index contributed by atoms with van der Waals surface area (Å²) in [7, 11) is 5.40. The number of carbonyl (C=O) groups is 3. The lowest BCUT2D eigenvalue weighted by Crippen LogP contribution is -2.55. The Balaban J connectivity index is 4.34. The predicted molar refractivity (Wildman–Crippen MR) is 227 cm³/mol. The summed E-state index contributed by atoms with van der Waals surface area (Å²) in [5.74, 6) is -1.76. The SMILES string of the molecule is CCCC/C=C\C/C=C\CCCCCCCC(=O)OC(COCCC(C(=O)[O-])[N+](C)(C)C)COC(=O)CCCCCCCCC/C=C\CCCCCCCC. The topological polar surface area (TPSA) is 102 Å². The third-order valence-electron chi connectivity index (χ3n) is 10.00. The van der Waals surface area contributed by atoms with Gasteiger partial charge >= 0.3 is 11.9 Å². The molecule has 0 aliphatic heterocycles. The lowest BCUT2D eigenvalue weighted by Gasteiger charge is -2.34. The number of unbranched alkanes of at least 4 members (excludes halogenated alkanes) is 20. The fourth-order valence-electron chi connectivity index (χ4n) is 6.43. The van der Waals surface area contributed by atoms with Gasteiger partial charge in [-0.15, -0.1) is 0 Å². The summed E-state index contributed by atoms with van der Waals surface area (Å²) < 4.78 is 17.2. The van der Waals surface area contributed by atoms with Crippen molar-refractivity contribution >= 4 is 17.9 Å². The molecule has 0 heterocycles. The molecule has 0 N–H and O–H groups in total. The highest BCUT2D eigenvalue weighted by molar-refractivity contribution is 5.70. The van der Waals surface area contributed by atoms with Gasteiger partial charge in [0.15, 0.2) is 6.10 Å². The number of quaternary nitrogens is 1. The number of carboxylic acid groups (broad SMARTS) is 1. The Bertz CT molecular complexity index is 1000. The van der Waals surface area contributed by atoms with Crippen LogP contribution >= 0.6 is 0 Å². The molecule has 0 spiro atoms. The van der Waals surface area contributed by atoms with Gasteiger partial charge in [-0.3, -0.25) is 9.59 Å². The Hall–Kier alpha value is -2.45. The molecule has 0 radical (unpaired) electrons. The average Bonchev–Trinajstić information content (AvgIpc) is 3.14. The molecule has 320 valence electrons. The van der Waals surface area contributed by atoms with Gasteiger partial charge in [-0.05, 0) is 64.2 Å². The van der Waals surface area contributed by atoms with Gasteiger partial charge in [0.1, 0.15) is 12.6 Å².